The Balaban J connectivity index is 2.68. The van der Waals surface area contributed by atoms with Crippen molar-refractivity contribution < 1.29 is 5.11 Å². The molecule has 1 atom stereocenters. The highest BCUT2D eigenvalue weighted by Crippen LogP contribution is 2.18. The molecule has 1 aromatic heterocycles. The van der Waals surface area contributed by atoms with Crippen molar-refractivity contribution in [3.05, 3.63) is 22.3 Å². The molecule has 5 heteroatoms. The van der Waals surface area contributed by atoms with Crippen molar-refractivity contribution in [2.75, 3.05) is 23.9 Å². The fourth-order valence-corrected chi connectivity index (χ4v) is 2.54. The average Bonchev–Trinajstić information content (AvgIpc) is 2.23. The summed E-state index contributed by atoms with van der Waals surface area (Å²) in [6, 6.07) is 2.30. The van der Waals surface area contributed by atoms with Crippen LogP contribution in [-0.2, 0) is 0 Å². The van der Waals surface area contributed by atoms with Crippen LogP contribution in [0, 0.1) is 6.92 Å². The van der Waals surface area contributed by atoms with Gasteiger partial charge < -0.3 is 10.4 Å². The van der Waals surface area contributed by atoms with E-state index in [1.165, 1.54) is 0 Å². The number of nitrogens with zero attached hydrogens (tertiary/aromatic N) is 1. The summed E-state index contributed by atoms with van der Waals surface area (Å²) < 4.78 is 0.985. The van der Waals surface area contributed by atoms with Crippen LogP contribution in [0.2, 0.25) is 0 Å². The molecule has 0 spiro atoms. The molecular formula is C11H17BrN2OS. The van der Waals surface area contributed by atoms with Crippen LogP contribution in [0.15, 0.2) is 16.7 Å². The molecule has 1 aromatic rings. The van der Waals surface area contributed by atoms with Gasteiger partial charge in [-0.2, -0.15) is 11.8 Å². The molecule has 16 heavy (non-hydrogen) atoms. The van der Waals surface area contributed by atoms with Gasteiger partial charge in [-0.1, -0.05) is 0 Å². The van der Waals surface area contributed by atoms with Gasteiger partial charge in [-0.15, -0.1) is 0 Å². The van der Waals surface area contributed by atoms with Crippen molar-refractivity contribution in [3.8, 4) is 0 Å². The van der Waals surface area contributed by atoms with Gasteiger partial charge in [0.1, 0.15) is 5.82 Å². The van der Waals surface area contributed by atoms with Crippen LogP contribution in [-0.4, -0.2) is 34.7 Å². The maximum atomic E-state index is 8.98. The second kappa shape index (κ2) is 7.14. The molecule has 0 saturated heterocycles. The molecule has 0 amide bonds. The van der Waals surface area contributed by atoms with Crippen LogP contribution in [0.3, 0.4) is 0 Å². The van der Waals surface area contributed by atoms with Gasteiger partial charge in [-0.25, -0.2) is 4.98 Å². The molecule has 0 aliphatic rings. The highest BCUT2D eigenvalue weighted by atomic mass is 79.9. The van der Waals surface area contributed by atoms with E-state index in [1.54, 1.807) is 18.0 Å². The standard InChI is InChI=1S/C11H17BrN2OS/c1-8-5-9(12)6-13-11(8)14-10(3-4-15)7-16-2/h5-6,10,15H,3-4,7H2,1-2H3,(H,13,14)/t10-/m1/s1. The van der Waals surface area contributed by atoms with Crippen LogP contribution in [0.4, 0.5) is 5.82 Å². The number of pyridine rings is 1. The van der Waals surface area contributed by atoms with Crippen molar-refractivity contribution >= 4 is 33.5 Å². The lowest BCUT2D eigenvalue weighted by molar-refractivity contribution is 0.282. The van der Waals surface area contributed by atoms with E-state index in [0.717, 1.165) is 28.0 Å². The van der Waals surface area contributed by atoms with Crippen LogP contribution in [0.1, 0.15) is 12.0 Å². The summed E-state index contributed by atoms with van der Waals surface area (Å²) in [5.74, 6) is 1.87. The highest BCUT2D eigenvalue weighted by Gasteiger charge is 2.09. The van der Waals surface area contributed by atoms with Crippen molar-refractivity contribution in [1.29, 1.82) is 0 Å². The molecule has 0 fully saturated rings. The van der Waals surface area contributed by atoms with Gasteiger partial charge >= 0.3 is 0 Å². The van der Waals surface area contributed by atoms with Crippen LogP contribution in [0.25, 0.3) is 0 Å². The Labute approximate surface area is 109 Å². The molecule has 0 saturated carbocycles. The molecule has 0 aromatic carbocycles. The van der Waals surface area contributed by atoms with Gasteiger partial charge in [0.15, 0.2) is 0 Å². The minimum absolute atomic E-state index is 0.202. The molecule has 1 heterocycles. The number of aliphatic hydroxyl groups excluding tert-OH is 1. The summed E-state index contributed by atoms with van der Waals surface area (Å²) in [6.07, 6.45) is 4.59. The number of anilines is 1. The normalized spacial score (nSPS) is 12.5. The van der Waals surface area contributed by atoms with E-state index in [0.29, 0.717) is 0 Å². The van der Waals surface area contributed by atoms with E-state index in [9.17, 15) is 0 Å². The molecule has 0 bridgehead atoms. The third-order valence-corrected chi connectivity index (χ3v) is 3.40. The van der Waals surface area contributed by atoms with Crippen molar-refractivity contribution in [2.45, 2.75) is 19.4 Å². The van der Waals surface area contributed by atoms with E-state index >= 15 is 0 Å². The molecule has 0 unspecified atom stereocenters. The maximum absolute atomic E-state index is 8.98. The molecule has 2 N–H and O–H groups in total. The number of thioether (sulfide) groups is 1. The Bertz CT molecular complexity index is 330. The lowest BCUT2D eigenvalue weighted by Crippen LogP contribution is -2.24. The second-order valence-corrected chi connectivity index (χ2v) is 5.45. The number of rotatable bonds is 6. The summed E-state index contributed by atoms with van der Waals surface area (Å²) in [7, 11) is 0. The molecule has 0 aliphatic heterocycles. The topological polar surface area (TPSA) is 45.1 Å². The first-order valence-corrected chi connectivity index (χ1v) is 7.34. The lowest BCUT2D eigenvalue weighted by atomic mass is 10.2. The summed E-state index contributed by atoms with van der Waals surface area (Å²) in [4.78, 5) is 4.33. The summed E-state index contributed by atoms with van der Waals surface area (Å²) in [5.41, 5.74) is 1.11. The van der Waals surface area contributed by atoms with E-state index < -0.39 is 0 Å². The number of aliphatic hydroxyl groups is 1. The third kappa shape index (κ3) is 4.31. The molecular weight excluding hydrogens is 288 g/mol. The Hall–Kier alpha value is -0.260. The number of halogens is 1. The maximum Gasteiger partial charge on any atom is 0.129 e. The van der Waals surface area contributed by atoms with Crippen molar-refractivity contribution in [1.82, 2.24) is 4.98 Å². The first-order valence-electron chi connectivity index (χ1n) is 5.16. The number of hydrogen-bond acceptors (Lipinski definition) is 4. The van der Waals surface area contributed by atoms with Gasteiger partial charge in [0.25, 0.3) is 0 Å². The van der Waals surface area contributed by atoms with Crippen LogP contribution < -0.4 is 5.32 Å². The minimum atomic E-state index is 0.202. The van der Waals surface area contributed by atoms with E-state index in [1.807, 2.05) is 13.0 Å². The molecule has 90 valence electrons. The molecule has 1 rings (SSSR count). The minimum Gasteiger partial charge on any atom is -0.396 e. The van der Waals surface area contributed by atoms with Gasteiger partial charge in [-0.05, 0) is 47.2 Å². The lowest BCUT2D eigenvalue weighted by Gasteiger charge is -2.18. The van der Waals surface area contributed by atoms with Gasteiger partial charge in [0.2, 0.25) is 0 Å². The Morgan fingerprint density at radius 3 is 2.94 bits per heavy atom. The summed E-state index contributed by atoms with van der Waals surface area (Å²) in [5, 5.41) is 12.3. The zero-order valence-corrected chi connectivity index (χ0v) is 11.9. The van der Waals surface area contributed by atoms with Crippen molar-refractivity contribution in [3.63, 3.8) is 0 Å². The highest BCUT2D eigenvalue weighted by molar-refractivity contribution is 9.10. The Morgan fingerprint density at radius 1 is 1.62 bits per heavy atom. The smallest absolute Gasteiger partial charge is 0.129 e. The average molecular weight is 305 g/mol. The third-order valence-electron chi connectivity index (χ3n) is 2.23. The predicted octanol–water partition coefficient (Wildman–Crippen LogP) is 2.68. The van der Waals surface area contributed by atoms with E-state index in [4.69, 9.17) is 5.11 Å². The largest absolute Gasteiger partial charge is 0.396 e. The number of hydrogen-bond donors (Lipinski definition) is 2. The summed E-state index contributed by atoms with van der Waals surface area (Å²) in [6.45, 7) is 2.23. The summed E-state index contributed by atoms with van der Waals surface area (Å²) >= 11 is 5.16. The first-order chi connectivity index (χ1) is 7.67. The zero-order chi connectivity index (χ0) is 12.0. The van der Waals surface area contributed by atoms with Gasteiger partial charge in [0.05, 0.1) is 0 Å². The van der Waals surface area contributed by atoms with Gasteiger partial charge in [-0.3, -0.25) is 0 Å². The van der Waals surface area contributed by atoms with E-state index in [-0.39, 0.29) is 12.6 Å². The Morgan fingerprint density at radius 2 is 2.38 bits per heavy atom. The Kier molecular flexibility index (Phi) is 6.16. The number of aryl methyl sites for hydroxylation is 1. The number of nitrogens with one attached hydrogen (secondary N) is 1. The van der Waals surface area contributed by atoms with Crippen molar-refractivity contribution in [2.24, 2.45) is 0 Å². The second-order valence-electron chi connectivity index (χ2n) is 3.63. The van der Waals surface area contributed by atoms with Gasteiger partial charge in [0, 0.05) is 29.1 Å². The fraction of sp³-hybridized carbons (Fsp3) is 0.545. The number of aromatic nitrogens is 1. The quantitative estimate of drug-likeness (QED) is 0.848. The van der Waals surface area contributed by atoms with Crippen LogP contribution >= 0.6 is 27.7 Å². The van der Waals surface area contributed by atoms with E-state index in [2.05, 4.69) is 32.5 Å². The molecule has 3 nitrogen and oxygen atoms in total. The predicted molar refractivity (Wildman–Crippen MR) is 74.2 cm³/mol. The monoisotopic (exact) mass is 304 g/mol. The molecule has 0 aliphatic carbocycles. The SMILES string of the molecule is CSC[C@@H](CCO)Nc1ncc(Br)cc1C. The molecule has 0 radical (unpaired) electrons. The fourth-order valence-electron chi connectivity index (χ4n) is 1.44. The first kappa shape index (κ1) is 13.8. The zero-order valence-electron chi connectivity index (χ0n) is 9.53. The van der Waals surface area contributed by atoms with Crippen LogP contribution in [0.5, 0.6) is 0 Å².